The van der Waals surface area contributed by atoms with E-state index in [0.717, 1.165) is 33.1 Å². The number of rotatable bonds is 3. The van der Waals surface area contributed by atoms with Gasteiger partial charge in [0, 0.05) is 17.4 Å². The van der Waals surface area contributed by atoms with Gasteiger partial charge in [0.15, 0.2) is 0 Å². The fourth-order valence-electron chi connectivity index (χ4n) is 2.72. The van der Waals surface area contributed by atoms with Gasteiger partial charge in [0.05, 0.1) is 11.1 Å². The van der Waals surface area contributed by atoms with Crippen molar-refractivity contribution in [2.45, 2.75) is 6.18 Å². The second-order valence-corrected chi connectivity index (χ2v) is 6.90. The van der Waals surface area contributed by atoms with Crippen LogP contribution in [0, 0.1) is 0 Å². The van der Waals surface area contributed by atoms with E-state index >= 15 is 0 Å². The molecule has 0 saturated heterocycles. The van der Waals surface area contributed by atoms with E-state index in [2.05, 4.69) is 15.3 Å². The first kappa shape index (κ1) is 18.1. The molecule has 4 nitrogen and oxygen atoms in total. The lowest BCUT2D eigenvalue weighted by atomic mass is 10.1. The van der Waals surface area contributed by atoms with Crippen molar-refractivity contribution in [2.75, 3.05) is 5.32 Å². The summed E-state index contributed by atoms with van der Waals surface area (Å²) < 4.78 is 39.3. The van der Waals surface area contributed by atoms with Crippen LogP contribution in [-0.4, -0.2) is 15.9 Å². The van der Waals surface area contributed by atoms with Crippen molar-refractivity contribution in [1.82, 2.24) is 9.97 Å². The Morgan fingerprint density at radius 3 is 2.43 bits per heavy atom. The smallest absolute Gasteiger partial charge is 0.322 e. The molecule has 0 saturated carbocycles. The van der Waals surface area contributed by atoms with Crippen molar-refractivity contribution in [3.63, 3.8) is 0 Å². The number of hydrogen-bond acceptors (Lipinski definition) is 4. The van der Waals surface area contributed by atoms with Gasteiger partial charge in [-0.3, -0.25) is 4.79 Å². The van der Waals surface area contributed by atoms with Crippen LogP contribution < -0.4 is 5.32 Å². The summed E-state index contributed by atoms with van der Waals surface area (Å²) in [5.74, 6) is -0.815. The molecule has 28 heavy (non-hydrogen) atoms. The number of aromatic nitrogens is 2. The maximum absolute atomic E-state index is 13.1. The van der Waals surface area contributed by atoms with Crippen molar-refractivity contribution in [3.05, 3.63) is 78.0 Å². The number of fused-ring (bicyclic) bond motifs is 1. The molecule has 0 aliphatic rings. The molecular weight excluding hydrogens is 387 g/mol. The molecule has 0 atom stereocenters. The van der Waals surface area contributed by atoms with Crippen LogP contribution in [0.25, 0.3) is 20.9 Å². The van der Waals surface area contributed by atoms with Gasteiger partial charge in [-0.25, -0.2) is 9.97 Å². The van der Waals surface area contributed by atoms with E-state index in [-0.39, 0.29) is 0 Å². The average molecular weight is 399 g/mol. The average Bonchev–Trinajstić information content (AvgIpc) is 3.12. The molecule has 0 radical (unpaired) electrons. The molecule has 0 aliphatic carbocycles. The zero-order chi connectivity index (χ0) is 19.7. The highest BCUT2D eigenvalue weighted by atomic mass is 32.1. The van der Waals surface area contributed by atoms with Gasteiger partial charge in [-0.2, -0.15) is 13.2 Å². The maximum atomic E-state index is 13.1. The van der Waals surface area contributed by atoms with E-state index in [1.807, 2.05) is 12.1 Å². The lowest BCUT2D eigenvalue weighted by Gasteiger charge is -2.12. The Kier molecular flexibility index (Phi) is 4.56. The van der Waals surface area contributed by atoms with Crippen molar-refractivity contribution >= 4 is 33.3 Å². The predicted octanol–water partition coefficient (Wildman–Crippen LogP) is 5.63. The van der Waals surface area contributed by atoms with Gasteiger partial charge < -0.3 is 5.32 Å². The highest BCUT2D eigenvalue weighted by Gasteiger charge is 2.34. The lowest BCUT2D eigenvalue weighted by Crippen LogP contribution is -2.18. The number of carbonyl (C=O) groups excluding carboxylic acids is 1. The number of nitrogens with one attached hydrogen (secondary N) is 1. The van der Waals surface area contributed by atoms with E-state index in [1.165, 1.54) is 23.5 Å². The number of pyridine rings is 1. The summed E-state index contributed by atoms with van der Waals surface area (Å²) >= 11 is 1.44. The summed E-state index contributed by atoms with van der Waals surface area (Å²) in [7, 11) is 0. The summed E-state index contributed by atoms with van der Waals surface area (Å²) in [4.78, 5) is 21.9. The van der Waals surface area contributed by atoms with Gasteiger partial charge in [0.1, 0.15) is 15.4 Å². The molecule has 0 fully saturated rings. The predicted molar refractivity (Wildman–Crippen MR) is 102 cm³/mol. The Morgan fingerprint density at radius 1 is 0.964 bits per heavy atom. The molecule has 2 heterocycles. The summed E-state index contributed by atoms with van der Waals surface area (Å²) in [6.07, 6.45) is -2.90. The number of carbonyl (C=O) groups is 1. The normalized spacial score (nSPS) is 11.5. The second-order valence-electron chi connectivity index (χ2n) is 5.92. The van der Waals surface area contributed by atoms with Crippen molar-refractivity contribution in [1.29, 1.82) is 0 Å². The third-order valence-corrected chi connectivity index (χ3v) is 5.06. The minimum atomic E-state index is -4.60. The molecule has 2 aromatic carbocycles. The van der Waals surface area contributed by atoms with E-state index < -0.39 is 23.2 Å². The molecule has 0 aliphatic heterocycles. The number of anilines is 1. The number of amides is 1. The fourth-order valence-corrected chi connectivity index (χ4v) is 3.63. The maximum Gasteiger partial charge on any atom is 0.417 e. The third-order valence-electron chi connectivity index (χ3n) is 4.03. The Balaban J connectivity index is 1.56. The quantitative estimate of drug-likeness (QED) is 0.486. The Hall–Kier alpha value is -3.26. The monoisotopic (exact) mass is 399 g/mol. The van der Waals surface area contributed by atoms with Crippen LogP contribution in [0.5, 0.6) is 0 Å². The number of thiazole rings is 1. The first-order chi connectivity index (χ1) is 13.4. The van der Waals surface area contributed by atoms with Crippen LogP contribution in [0.4, 0.5) is 18.9 Å². The van der Waals surface area contributed by atoms with Crippen LogP contribution in [0.2, 0.25) is 0 Å². The Labute approximate surface area is 161 Å². The van der Waals surface area contributed by atoms with Crippen molar-refractivity contribution in [2.24, 2.45) is 0 Å². The van der Waals surface area contributed by atoms with Gasteiger partial charge in [-0.15, -0.1) is 0 Å². The first-order valence-corrected chi connectivity index (χ1v) is 9.03. The van der Waals surface area contributed by atoms with Gasteiger partial charge in [0.2, 0.25) is 0 Å². The van der Waals surface area contributed by atoms with Gasteiger partial charge in [-0.05, 0) is 48.5 Å². The molecule has 8 heteroatoms. The SMILES string of the molecule is O=C(Nc1ccc(-c2nc3cccnc3s2)cc1)c1ccccc1C(F)(F)F. The minimum Gasteiger partial charge on any atom is -0.322 e. The summed E-state index contributed by atoms with van der Waals surface area (Å²) in [6, 6.07) is 15.1. The van der Waals surface area contributed by atoms with Crippen LogP contribution in [0.1, 0.15) is 15.9 Å². The van der Waals surface area contributed by atoms with E-state index in [9.17, 15) is 18.0 Å². The van der Waals surface area contributed by atoms with E-state index in [0.29, 0.717) is 5.69 Å². The lowest BCUT2D eigenvalue weighted by molar-refractivity contribution is -0.137. The number of alkyl halides is 3. The topological polar surface area (TPSA) is 54.9 Å². The summed E-state index contributed by atoms with van der Waals surface area (Å²) in [5.41, 5.74) is 0.632. The molecule has 4 aromatic rings. The Morgan fingerprint density at radius 2 is 1.71 bits per heavy atom. The third kappa shape index (κ3) is 3.59. The largest absolute Gasteiger partial charge is 0.417 e. The van der Waals surface area contributed by atoms with Crippen LogP contribution >= 0.6 is 11.3 Å². The number of benzene rings is 2. The molecule has 140 valence electrons. The van der Waals surface area contributed by atoms with Gasteiger partial charge in [-0.1, -0.05) is 23.5 Å². The van der Waals surface area contributed by atoms with E-state index in [4.69, 9.17) is 0 Å². The van der Waals surface area contributed by atoms with Crippen molar-refractivity contribution in [3.8, 4) is 10.6 Å². The molecule has 2 aromatic heterocycles. The molecule has 0 unspecified atom stereocenters. The number of nitrogens with zero attached hydrogens (tertiary/aromatic N) is 2. The first-order valence-electron chi connectivity index (χ1n) is 8.21. The van der Waals surface area contributed by atoms with Crippen LogP contribution in [0.15, 0.2) is 66.9 Å². The summed E-state index contributed by atoms with van der Waals surface area (Å²) in [6.45, 7) is 0. The minimum absolute atomic E-state index is 0.393. The van der Waals surface area contributed by atoms with Crippen molar-refractivity contribution < 1.29 is 18.0 Å². The van der Waals surface area contributed by atoms with Gasteiger partial charge >= 0.3 is 6.18 Å². The summed E-state index contributed by atoms with van der Waals surface area (Å²) in [5, 5.41) is 3.28. The highest BCUT2D eigenvalue weighted by molar-refractivity contribution is 7.21. The van der Waals surface area contributed by atoms with Crippen LogP contribution in [0.3, 0.4) is 0 Å². The number of hydrogen-bond donors (Lipinski definition) is 1. The standard InChI is InChI=1S/C20H12F3N3OS/c21-20(22,23)15-5-2-1-4-14(15)17(27)25-13-9-7-12(8-10-13)18-26-16-6-3-11-24-19(16)28-18/h1-11H,(H,25,27). The number of halogens is 3. The second kappa shape index (κ2) is 7.05. The van der Waals surface area contributed by atoms with E-state index in [1.54, 1.807) is 30.5 Å². The fraction of sp³-hybridized carbons (Fsp3) is 0.0500. The molecule has 4 rings (SSSR count). The highest BCUT2D eigenvalue weighted by Crippen LogP contribution is 2.33. The molecule has 0 bridgehead atoms. The Bertz CT molecular complexity index is 1120. The van der Waals surface area contributed by atoms with Crippen LogP contribution in [-0.2, 0) is 6.18 Å². The molecule has 1 amide bonds. The zero-order valence-electron chi connectivity index (χ0n) is 14.2. The van der Waals surface area contributed by atoms with Gasteiger partial charge in [0.25, 0.3) is 5.91 Å². The zero-order valence-corrected chi connectivity index (χ0v) is 15.0. The molecular formula is C20H12F3N3OS. The molecule has 0 spiro atoms. The molecule has 1 N–H and O–H groups in total.